The first-order chi connectivity index (χ1) is 8.66. The number of hydrogen-bond donors (Lipinski definition) is 1. The topological polar surface area (TPSA) is 59.1 Å². The molecule has 0 atom stereocenters. The summed E-state index contributed by atoms with van der Waals surface area (Å²) in [5, 5.41) is 2.60. The molecule has 18 heavy (non-hydrogen) atoms. The van der Waals surface area contributed by atoms with Crippen molar-refractivity contribution in [1.29, 1.82) is 0 Å². The van der Waals surface area contributed by atoms with Crippen molar-refractivity contribution in [2.24, 2.45) is 0 Å². The van der Waals surface area contributed by atoms with Crippen molar-refractivity contribution in [2.75, 3.05) is 5.32 Å². The fourth-order valence-corrected chi connectivity index (χ4v) is 1.54. The lowest BCUT2D eigenvalue weighted by Crippen LogP contribution is -2.08. The highest BCUT2D eigenvalue weighted by molar-refractivity contribution is 6.07. The summed E-state index contributed by atoms with van der Waals surface area (Å²) in [5.74, 6) is -0.302. The van der Waals surface area contributed by atoms with Crippen LogP contribution in [0.3, 0.4) is 0 Å². The number of carbonyl (C=O) groups excluding carboxylic acids is 2. The number of nitrogens with zero attached hydrogens (tertiary/aromatic N) is 1. The molecule has 0 spiro atoms. The molecule has 0 aliphatic carbocycles. The zero-order valence-corrected chi connectivity index (χ0v) is 9.88. The largest absolute Gasteiger partial charge is 0.325 e. The van der Waals surface area contributed by atoms with Crippen LogP contribution in [0.4, 0.5) is 5.69 Å². The predicted molar refractivity (Wildman–Crippen MR) is 68.4 cm³/mol. The van der Waals surface area contributed by atoms with E-state index in [2.05, 4.69) is 10.3 Å². The minimum absolute atomic E-state index is 0.134. The first-order valence-electron chi connectivity index (χ1n) is 5.50. The Hall–Kier alpha value is -2.49. The van der Waals surface area contributed by atoms with Crippen molar-refractivity contribution >= 4 is 17.4 Å². The maximum atomic E-state index is 12.0. The minimum Gasteiger partial charge on any atom is -0.325 e. The van der Waals surface area contributed by atoms with Gasteiger partial charge < -0.3 is 5.32 Å². The normalized spacial score (nSPS) is 9.83. The zero-order chi connectivity index (χ0) is 13.0. The summed E-state index contributed by atoms with van der Waals surface area (Å²) in [5.41, 5.74) is 1.53. The molecule has 1 N–H and O–H groups in total. The number of rotatable bonds is 3. The second-order valence-corrected chi connectivity index (χ2v) is 3.81. The number of aromatic nitrogens is 1. The summed E-state index contributed by atoms with van der Waals surface area (Å²) in [6, 6.07) is 12.2. The van der Waals surface area contributed by atoms with E-state index in [4.69, 9.17) is 0 Å². The smallest absolute Gasteiger partial charge is 0.221 e. The van der Waals surface area contributed by atoms with Crippen LogP contribution in [0, 0.1) is 0 Å². The lowest BCUT2D eigenvalue weighted by molar-refractivity contribution is -0.114. The van der Waals surface area contributed by atoms with Crippen LogP contribution >= 0.6 is 0 Å². The van der Waals surface area contributed by atoms with Crippen LogP contribution in [0.1, 0.15) is 23.0 Å². The van der Waals surface area contributed by atoms with Crippen LogP contribution in [0.15, 0.2) is 48.7 Å². The monoisotopic (exact) mass is 240 g/mol. The van der Waals surface area contributed by atoms with Gasteiger partial charge in [0, 0.05) is 12.5 Å². The third-order valence-corrected chi connectivity index (χ3v) is 2.35. The Labute approximate surface area is 105 Å². The van der Waals surface area contributed by atoms with Gasteiger partial charge in [-0.25, -0.2) is 0 Å². The van der Waals surface area contributed by atoms with Crippen molar-refractivity contribution < 1.29 is 9.59 Å². The number of benzene rings is 1. The summed E-state index contributed by atoms with van der Waals surface area (Å²) in [6.07, 6.45) is 1.47. The van der Waals surface area contributed by atoms with E-state index < -0.39 is 0 Å². The van der Waals surface area contributed by atoms with Crippen LogP contribution in [0.25, 0.3) is 0 Å². The van der Waals surface area contributed by atoms with Gasteiger partial charge in [-0.15, -0.1) is 0 Å². The lowest BCUT2D eigenvalue weighted by atomic mass is 10.1. The summed E-state index contributed by atoms with van der Waals surface area (Å²) >= 11 is 0. The first kappa shape index (κ1) is 12.0. The molecule has 0 saturated carbocycles. The molecule has 0 radical (unpaired) electrons. The molecule has 1 aromatic carbocycles. The molecule has 0 bridgehead atoms. The van der Waals surface area contributed by atoms with Gasteiger partial charge in [-0.1, -0.05) is 30.3 Å². The van der Waals surface area contributed by atoms with E-state index in [9.17, 15) is 9.59 Å². The molecule has 1 amide bonds. The van der Waals surface area contributed by atoms with Gasteiger partial charge in [-0.2, -0.15) is 0 Å². The fraction of sp³-hybridized carbons (Fsp3) is 0.0714. The SMILES string of the molecule is CC(=O)Nc1ccc(C(=O)c2ccccc2)nc1. The second-order valence-electron chi connectivity index (χ2n) is 3.81. The van der Waals surface area contributed by atoms with Gasteiger partial charge in [-0.05, 0) is 12.1 Å². The van der Waals surface area contributed by atoms with Gasteiger partial charge in [0.1, 0.15) is 5.69 Å². The highest BCUT2D eigenvalue weighted by atomic mass is 16.1. The summed E-state index contributed by atoms with van der Waals surface area (Å²) in [7, 11) is 0. The average Bonchev–Trinajstić information content (AvgIpc) is 2.39. The van der Waals surface area contributed by atoms with E-state index in [1.807, 2.05) is 6.07 Å². The van der Waals surface area contributed by atoms with E-state index in [1.54, 1.807) is 36.4 Å². The number of pyridine rings is 1. The molecule has 0 aliphatic rings. The van der Waals surface area contributed by atoms with Gasteiger partial charge in [0.25, 0.3) is 0 Å². The summed E-state index contributed by atoms with van der Waals surface area (Å²) < 4.78 is 0. The predicted octanol–water partition coefficient (Wildman–Crippen LogP) is 2.27. The quantitative estimate of drug-likeness (QED) is 0.837. The van der Waals surface area contributed by atoms with Crippen molar-refractivity contribution in [3.63, 3.8) is 0 Å². The number of nitrogens with one attached hydrogen (secondary N) is 1. The third kappa shape index (κ3) is 2.79. The Balaban J connectivity index is 2.20. The lowest BCUT2D eigenvalue weighted by Gasteiger charge is -2.03. The maximum absolute atomic E-state index is 12.0. The van der Waals surface area contributed by atoms with Crippen molar-refractivity contribution in [2.45, 2.75) is 6.92 Å². The fourth-order valence-electron chi connectivity index (χ4n) is 1.54. The molecule has 90 valence electrons. The van der Waals surface area contributed by atoms with E-state index in [1.165, 1.54) is 13.1 Å². The van der Waals surface area contributed by atoms with Crippen LogP contribution < -0.4 is 5.32 Å². The standard InChI is InChI=1S/C14H12N2O2/c1-10(17)16-12-7-8-13(15-9-12)14(18)11-5-3-2-4-6-11/h2-9H,1H3,(H,16,17). The molecule has 0 fully saturated rings. The number of hydrogen-bond acceptors (Lipinski definition) is 3. The van der Waals surface area contributed by atoms with Gasteiger partial charge in [-0.3, -0.25) is 14.6 Å². The Morgan fingerprint density at radius 3 is 2.33 bits per heavy atom. The number of carbonyl (C=O) groups is 2. The van der Waals surface area contributed by atoms with Gasteiger partial charge in [0.05, 0.1) is 11.9 Å². The van der Waals surface area contributed by atoms with Crippen molar-refractivity contribution in [3.05, 3.63) is 59.9 Å². The maximum Gasteiger partial charge on any atom is 0.221 e. The minimum atomic E-state index is -0.168. The Bertz CT molecular complexity index is 562. The molecule has 4 nitrogen and oxygen atoms in total. The Kier molecular flexibility index (Phi) is 3.48. The van der Waals surface area contributed by atoms with Crippen LogP contribution in [-0.2, 0) is 4.79 Å². The van der Waals surface area contributed by atoms with E-state index in [-0.39, 0.29) is 11.7 Å². The molecule has 0 unspecified atom stereocenters. The zero-order valence-electron chi connectivity index (χ0n) is 9.88. The molecule has 0 saturated heterocycles. The molecule has 1 aromatic heterocycles. The van der Waals surface area contributed by atoms with E-state index >= 15 is 0 Å². The average molecular weight is 240 g/mol. The highest BCUT2D eigenvalue weighted by Gasteiger charge is 2.09. The molecular weight excluding hydrogens is 228 g/mol. The van der Waals surface area contributed by atoms with E-state index in [0.717, 1.165) is 0 Å². The van der Waals surface area contributed by atoms with Gasteiger partial charge >= 0.3 is 0 Å². The van der Waals surface area contributed by atoms with Crippen LogP contribution in [0.5, 0.6) is 0 Å². The Morgan fingerprint density at radius 1 is 1.06 bits per heavy atom. The van der Waals surface area contributed by atoms with Crippen LogP contribution in [-0.4, -0.2) is 16.7 Å². The second kappa shape index (κ2) is 5.23. The molecular formula is C14H12N2O2. The number of amides is 1. The molecule has 2 aromatic rings. The Morgan fingerprint density at radius 2 is 1.78 bits per heavy atom. The van der Waals surface area contributed by atoms with Crippen LogP contribution in [0.2, 0.25) is 0 Å². The summed E-state index contributed by atoms with van der Waals surface area (Å²) in [6.45, 7) is 1.42. The van der Waals surface area contributed by atoms with Crippen molar-refractivity contribution in [1.82, 2.24) is 4.98 Å². The molecule has 1 heterocycles. The molecule has 2 rings (SSSR count). The van der Waals surface area contributed by atoms with Gasteiger partial charge in [0.2, 0.25) is 11.7 Å². The van der Waals surface area contributed by atoms with Gasteiger partial charge in [0.15, 0.2) is 0 Å². The summed E-state index contributed by atoms with van der Waals surface area (Å²) in [4.78, 5) is 26.9. The highest BCUT2D eigenvalue weighted by Crippen LogP contribution is 2.10. The molecule has 4 heteroatoms. The number of ketones is 1. The first-order valence-corrected chi connectivity index (χ1v) is 5.50. The number of anilines is 1. The third-order valence-electron chi connectivity index (χ3n) is 2.35. The molecule has 0 aliphatic heterocycles. The van der Waals surface area contributed by atoms with Crippen molar-refractivity contribution in [3.8, 4) is 0 Å². The van der Waals surface area contributed by atoms with E-state index in [0.29, 0.717) is 16.9 Å².